The zero-order valence-electron chi connectivity index (χ0n) is 18.2. The van der Waals surface area contributed by atoms with E-state index in [9.17, 15) is 19.7 Å². The first-order valence-corrected chi connectivity index (χ1v) is 11.4. The maximum atomic E-state index is 12.6. The minimum absolute atomic E-state index is 0.00345. The lowest BCUT2D eigenvalue weighted by Gasteiger charge is -2.25. The third-order valence-electron chi connectivity index (χ3n) is 5.17. The van der Waals surface area contributed by atoms with Gasteiger partial charge in [0, 0.05) is 35.6 Å². The number of hydrogen-bond acceptors (Lipinski definition) is 6. The number of anilines is 2. The molecule has 0 spiro atoms. The Kier molecular flexibility index (Phi) is 6.93. The third-order valence-corrected chi connectivity index (χ3v) is 6.38. The second-order valence-corrected chi connectivity index (χ2v) is 8.49. The van der Waals surface area contributed by atoms with Gasteiger partial charge in [-0.15, -0.1) is 11.8 Å². The predicted molar refractivity (Wildman–Crippen MR) is 133 cm³/mol. The van der Waals surface area contributed by atoms with Crippen molar-refractivity contribution in [2.24, 2.45) is 0 Å². The van der Waals surface area contributed by atoms with Crippen molar-refractivity contribution in [2.45, 2.75) is 5.37 Å². The van der Waals surface area contributed by atoms with E-state index < -0.39 is 4.92 Å². The maximum absolute atomic E-state index is 12.6. The van der Waals surface area contributed by atoms with Gasteiger partial charge >= 0.3 is 0 Å². The second-order valence-electron chi connectivity index (χ2n) is 7.43. The number of amides is 2. The van der Waals surface area contributed by atoms with E-state index in [-0.39, 0.29) is 22.9 Å². The molecule has 1 aliphatic heterocycles. The topological polar surface area (TPSA) is 102 Å². The first kappa shape index (κ1) is 23.1. The number of thioether (sulfide) groups is 1. The Bertz CT molecular complexity index is 1260. The van der Waals surface area contributed by atoms with Crippen LogP contribution in [0.3, 0.4) is 0 Å². The predicted octanol–water partition coefficient (Wildman–Crippen LogP) is 5.03. The molecule has 0 radical (unpaired) electrons. The Labute approximate surface area is 200 Å². The normalized spacial score (nSPS) is 15.5. The lowest BCUT2D eigenvalue weighted by molar-refractivity contribution is -0.384. The fourth-order valence-corrected chi connectivity index (χ4v) is 4.71. The van der Waals surface area contributed by atoms with Gasteiger partial charge in [0.2, 0.25) is 11.8 Å². The molecule has 0 aromatic heterocycles. The molecule has 3 aromatic rings. The van der Waals surface area contributed by atoms with Crippen molar-refractivity contribution < 1.29 is 19.2 Å². The molecule has 1 heterocycles. The summed E-state index contributed by atoms with van der Waals surface area (Å²) in [6.07, 6.45) is 2.95. The molecule has 0 saturated carbocycles. The van der Waals surface area contributed by atoms with Crippen LogP contribution in [-0.2, 0) is 9.59 Å². The number of benzene rings is 3. The van der Waals surface area contributed by atoms with Crippen LogP contribution in [0.25, 0.3) is 6.08 Å². The fourth-order valence-electron chi connectivity index (χ4n) is 3.54. The number of non-ortho nitro benzene ring substituents is 1. The number of hydrogen-bond donors (Lipinski definition) is 1. The lowest BCUT2D eigenvalue weighted by Crippen LogP contribution is -2.27. The van der Waals surface area contributed by atoms with Crippen LogP contribution < -0.4 is 15.0 Å². The number of nitro groups is 1. The summed E-state index contributed by atoms with van der Waals surface area (Å²) in [6.45, 7) is 0. The Morgan fingerprint density at radius 1 is 1.15 bits per heavy atom. The molecule has 8 nitrogen and oxygen atoms in total. The highest BCUT2D eigenvalue weighted by Crippen LogP contribution is 2.42. The van der Waals surface area contributed by atoms with E-state index in [4.69, 9.17) is 4.74 Å². The van der Waals surface area contributed by atoms with Crippen LogP contribution in [0, 0.1) is 10.1 Å². The molecular weight excluding hydrogens is 454 g/mol. The Hall–Kier alpha value is -4.11. The van der Waals surface area contributed by atoms with Crippen LogP contribution in [0.1, 0.15) is 16.5 Å². The van der Waals surface area contributed by atoms with Crippen LogP contribution in [0.2, 0.25) is 0 Å². The van der Waals surface area contributed by atoms with Gasteiger partial charge in [0.05, 0.1) is 17.8 Å². The van der Waals surface area contributed by atoms with Crippen molar-refractivity contribution in [3.63, 3.8) is 0 Å². The van der Waals surface area contributed by atoms with Gasteiger partial charge in [0.25, 0.3) is 5.69 Å². The Morgan fingerprint density at radius 3 is 2.65 bits per heavy atom. The van der Waals surface area contributed by atoms with E-state index in [0.717, 1.165) is 11.3 Å². The number of carbonyl (C=O) groups is 2. The summed E-state index contributed by atoms with van der Waals surface area (Å²) in [6, 6.07) is 20.7. The van der Waals surface area contributed by atoms with Crippen molar-refractivity contribution in [3.8, 4) is 5.75 Å². The maximum Gasteiger partial charge on any atom is 0.269 e. The van der Waals surface area contributed by atoms with Crippen LogP contribution in [-0.4, -0.2) is 29.6 Å². The van der Waals surface area contributed by atoms with E-state index in [1.54, 1.807) is 36.3 Å². The number of nitrogens with zero attached hydrogens (tertiary/aromatic N) is 2. The van der Waals surface area contributed by atoms with Gasteiger partial charge in [-0.3, -0.25) is 24.6 Å². The van der Waals surface area contributed by atoms with Crippen LogP contribution in [0.4, 0.5) is 17.1 Å². The Balaban J connectivity index is 1.48. The SMILES string of the molecule is COc1cccc(N2C(=O)CSC2c2cccc(NC(=O)/C=C/c3ccc([N+](=O)[O-])cc3)c2)c1. The van der Waals surface area contributed by atoms with E-state index in [1.807, 2.05) is 42.5 Å². The minimum Gasteiger partial charge on any atom is -0.497 e. The minimum atomic E-state index is -0.473. The van der Waals surface area contributed by atoms with E-state index >= 15 is 0 Å². The van der Waals surface area contributed by atoms with Crippen molar-refractivity contribution in [1.82, 2.24) is 0 Å². The molecule has 1 fully saturated rings. The summed E-state index contributed by atoms with van der Waals surface area (Å²) in [5.41, 5.74) is 2.89. The van der Waals surface area contributed by atoms with Crippen molar-refractivity contribution in [2.75, 3.05) is 23.1 Å². The van der Waals surface area contributed by atoms with Crippen molar-refractivity contribution >= 4 is 46.7 Å². The Morgan fingerprint density at radius 2 is 1.91 bits per heavy atom. The summed E-state index contributed by atoms with van der Waals surface area (Å²) in [7, 11) is 1.58. The number of methoxy groups -OCH3 is 1. The number of nitro benzene ring substituents is 1. The number of rotatable bonds is 7. The molecule has 1 atom stereocenters. The third kappa shape index (κ3) is 5.26. The highest BCUT2D eigenvalue weighted by molar-refractivity contribution is 8.00. The highest BCUT2D eigenvalue weighted by Gasteiger charge is 2.34. The molecule has 9 heteroatoms. The molecule has 34 heavy (non-hydrogen) atoms. The average Bonchev–Trinajstić information content (AvgIpc) is 3.24. The summed E-state index contributed by atoms with van der Waals surface area (Å²) < 4.78 is 5.30. The van der Waals surface area contributed by atoms with Gasteiger partial charge in [-0.2, -0.15) is 0 Å². The summed E-state index contributed by atoms with van der Waals surface area (Å²) in [4.78, 5) is 37.1. The molecule has 0 aliphatic carbocycles. The second kappa shape index (κ2) is 10.2. The van der Waals surface area contributed by atoms with E-state index in [1.165, 1.54) is 30.0 Å². The highest BCUT2D eigenvalue weighted by atomic mass is 32.2. The molecule has 1 N–H and O–H groups in total. The molecule has 4 rings (SSSR count). The number of nitrogens with one attached hydrogen (secondary N) is 1. The van der Waals surface area contributed by atoms with Gasteiger partial charge in [-0.1, -0.05) is 18.2 Å². The zero-order chi connectivity index (χ0) is 24.1. The number of carbonyl (C=O) groups excluding carboxylic acids is 2. The molecule has 3 aromatic carbocycles. The average molecular weight is 476 g/mol. The summed E-state index contributed by atoms with van der Waals surface area (Å²) in [5.74, 6) is 0.692. The molecule has 172 valence electrons. The van der Waals surface area contributed by atoms with Crippen molar-refractivity contribution in [1.29, 1.82) is 0 Å². The van der Waals surface area contributed by atoms with Crippen molar-refractivity contribution in [3.05, 3.63) is 100 Å². The molecule has 0 bridgehead atoms. The van der Waals surface area contributed by atoms with Gasteiger partial charge in [0.1, 0.15) is 11.1 Å². The first-order chi connectivity index (χ1) is 16.4. The monoisotopic (exact) mass is 475 g/mol. The molecular formula is C25H21N3O5S. The van der Waals surface area contributed by atoms with Crippen LogP contribution in [0.15, 0.2) is 78.9 Å². The molecule has 1 unspecified atom stereocenters. The molecule has 1 aliphatic rings. The van der Waals surface area contributed by atoms with Gasteiger partial charge in [-0.05, 0) is 53.6 Å². The molecule has 1 saturated heterocycles. The quantitative estimate of drug-likeness (QED) is 0.292. The van der Waals surface area contributed by atoms with Gasteiger partial charge in [0.15, 0.2) is 0 Å². The van der Waals surface area contributed by atoms with Crippen LogP contribution >= 0.6 is 11.8 Å². The van der Waals surface area contributed by atoms with Gasteiger partial charge in [-0.25, -0.2) is 0 Å². The smallest absolute Gasteiger partial charge is 0.269 e. The fraction of sp³-hybridized carbons (Fsp3) is 0.120. The first-order valence-electron chi connectivity index (χ1n) is 10.4. The lowest BCUT2D eigenvalue weighted by atomic mass is 10.1. The summed E-state index contributed by atoms with van der Waals surface area (Å²) in [5, 5.41) is 13.3. The van der Waals surface area contributed by atoms with E-state index in [2.05, 4.69) is 5.32 Å². The standard InChI is InChI=1S/C25H21N3O5S/c1-33-22-7-3-6-21(15-22)27-24(30)16-34-25(27)18-4-2-5-19(14-18)26-23(29)13-10-17-8-11-20(12-9-17)28(31)32/h2-15,25H,16H2,1H3,(H,26,29)/b13-10+. The number of ether oxygens (including phenoxy) is 1. The summed E-state index contributed by atoms with van der Waals surface area (Å²) >= 11 is 1.52. The largest absolute Gasteiger partial charge is 0.497 e. The van der Waals surface area contributed by atoms with E-state index in [0.29, 0.717) is 22.8 Å². The molecule has 2 amide bonds. The van der Waals surface area contributed by atoms with Gasteiger partial charge < -0.3 is 10.1 Å². The zero-order valence-corrected chi connectivity index (χ0v) is 19.0. The van der Waals surface area contributed by atoms with Crippen LogP contribution in [0.5, 0.6) is 5.75 Å².